The summed E-state index contributed by atoms with van der Waals surface area (Å²) in [6, 6.07) is 9.57. The van der Waals surface area contributed by atoms with Gasteiger partial charge in [0.2, 0.25) is 5.91 Å². The highest BCUT2D eigenvalue weighted by Gasteiger charge is 2.33. The van der Waals surface area contributed by atoms with E-state index in [1.165, 1.54) is 6.08 Å². The maximum Gasteiger partial charge on any atom is 0.259 e. The number of nitrogens with zero attached hydrogens (tertiary/aromatic N) is 1. The second-order valence-electron chi connectivity index (χ2n) is 5.87. The summed E-state index contributed by atoms with van der Waals surface area (Å²) in [5.74, 6) is -0.218. The third-order valence-corrected chi connectivity index (χ3v) is 4.32. The number of carbonyl (C=O) groups excluding carboxylic acids is 2. The van der Waals surface area contributed by atoms with E-state index in [1.54, 1.807) is 0 Å². The topological polar surface area (TPSA) is 49.4 Å². The van der Waals surface area contributed by atoms with E-state index in [-0.39, 0.29) is 17.9 Å². The molecule has 0 spiro atoms. The van der Waals surface area contributed by atoms with Crippen LogP contribution in [0.4, 0.5) is 11.4 Å². The van der Waals surface area contributed by atoms with Crippen LogP contribution in [0.1, 0.15) is 37.0 Å². The van der Waals surface area contributed by atoms with Gasteiger partial charge in [0.1, 0.15) is 0 Å². The Labute approximate surface area is 135 Å². The van der Waals surface area contributed by atoms with Gasteiger partial charge in [-0.3, -0.25) is 9.59 Å². The van der Waals surface area contributed by atoms with Crippen LogP contribution in [0.3, 0.4) is 0 Å². The number of amides is 2. The molecule has 23 heavy (non-hydrogen) atoms. The fraction of sp³-hybridized carbons (Fsp3) is 0.263. The predicted octanol–water partition coefficient (Wildman–Crippen LogP) is 4.11. The summed E-state index contributed by atoms with van der Waals surface area (Å²) in [6.07, 6.45) is 3.22. The molecule has 0 bridgehead atoms. The zero-order chi connectivity index (χ0) is 16.6. The zero-order valence-corrected chi connectivity index (χ0v) is 13.4. The Hall–Kier alpha value is -2.62. The first-order valence-corrected chi connectivity index (χ1v) is 7.91. The molecule has 0 saturated heterocycles. The van der Waals surface area contributed by atoms with Gasteiger partial charge in [-0.15, -0.1) is 0 Å². The second kappa shape index (κ2) is 5.88. The van der Waals surface area contributed by atoms with Crippen molar-refractivity contribution in [2.24, 2.45) is 0 Å². The molecule has 1 atom stereocenters. The molecular formula is C19H20N2O2. The average Bonchev–Trinajstić information content (AvgIpc) is 2.84. The minimum atomic E-state index is -0.258. The molecule has 2 amide bonds. The summed E-state index contributed by atoms with van der Waals surface area (Å²) in [6.45, 7) is 7.67. The molecule has 2 aromatic carbocycles. The molecule has 0 aromatic heterocycles. The van der Waals surface area contributed by atoms with Crippen molar-refractivity contribution in [3.05, 3.63) is 48.6 Å². The minimum Gasteiger partial charge on any atom is -0.322 e. The van der Waals surface area contributed by atoms with Crippen molar-refractivity contribution in [2.45, 2.75) is 32.7 Å². The number of hydrogen-bond acceptors (Lipinski definition) is 2. The lowest BCUT2D eigenvalue weighted by Gasteiger charge is -2.25. The van der Waals surface area contributed by atoms with Crippen LogP contribution in [0.25, 0.3) is 10.8 Å². The number of rotatable bonds is 5. The number of benzene rings is 2. The molecule has 2 aromatic rings. The summed E-state index contributed by atoms with van der Waals surface area (Å²) in [5, 5.41) is 4.62. The van der Waals surface area contributed by atoms with Crippen molar-refractivity contribution >= 4 is 34.0 Å². The number of nitrogens with one attached hydrogen (secondary N) is 1. The average molecular weight is 308 g/mol. The van der Waals surface area contributed by atoms with Crippen LogP contribution in [-0.4, -0.2) is 17.9 Å². The number of anilines is 2. The number of carbonyl (C=O) groups is 2. The Morgan fingerprint density at radius 2 is 2.13 bits per heavy atom. The maximum absolute atomic E-state index is 12.8. The third kappa shape index (κ3) is 2.40. The van der Waals surface area contributed by atoms with Crippen molar-refractivity contribution in [1.82, 2.24) is 0 Å². The van der Waals surface area contributed by atoms with Crippen molar-refractivity contribution in [2.75, 3.05) is 10.2 Å². The van der Waals surface area contributed by atoms with Crippen LogP contribution in [0.2, 0.25) is 0 Å². The second-order valence-corrected chi connectivity index (χ2v) is 5.87. The molecule has 1 aliphatic rings. The molecule has 1 heterocycles. The Morgan fingerprint density at radius 1 is 1.35 bits per heavy atom. The van der Waals surface area contributed by atoms with Crippen LogP contribution in [-0.2, 0) is 4.79 Å². The van der Waals surface area contributed by atoms with Crippen molar-refractivity contribution < 1.29 is 9.59 Å². The van der Waals surface area contributed by atoms with E-state index in [0.29, 0.717) is 11.3 Å². The van der Waals surface area contributed by atoms with Gasteiger partial charge in [0, 0.05) is 28.1 Å². The van der Waals surface area contributed by atoms with E-state index in [2.05, 4.69) is 25.7 Å². The first-order chi connectivity index (χ1) is 11.1. The van der Waals surface area contributed by atoms with Crippen molar-refractivity contribution in [1.29, 1.82) is 0 Å². The quantitative estimate of drug-likeness (QED) is 0.845. The highest BCUT2D eigenvalue weighted by atomic mass is 16.2. The molecule has 1 aliphatic heterocycles. The maximum atomic E-state index is 12.8. The van der Waals surface area contributed by atoms with Gasteiger partial charge < -0.3 is 10.2 Å². The van der Waals surface area contributed by atoms with Crippen molar-refractivity contribution in [3.8, 4) is 0 Å². The van der Waals surface area contributed by atoms with Crippen LogP contribution >= 0.6 is 0 Å². The first kappa shape index (κ1) is 15.3. The first-order valence-electron chi connectivity index (χ1n) is 7.91. The van der Waals surface area contributed by atoms with Gasteiger partial charge in [-0.2, -0.15) is 0 Å². The predicted molar refractivity (Wildman–Crippen MR) is 94.0 cm³/mol. The van der Waals surface area contributed by atoms with Gasteiger partial charge in [0.15, 0.2) is 0 Å². The normalized spacial score (nSPS) is 14.2. The largest absolute Gasteiger partial charge is 0.322 e. The summed E-state index contributed by atoms with van der Waals surface area (Å²) in [4.78, 5) is 26.3. The molecule has 118 valence electrons. The molecule has 0 aliphatic carbocycles. The highest BCUT2D eigenvalue weighted by molar-refractivity contribution is 6.27. The molecule has 0 radical (unpaired) electrons. The molecule has 0 fully saturated rings. The van der Waals surface area contributed by atoms with Crippen LogP contribution in [0.15, 0.2) is 43.0 Å². The SMILES string of the molecule is C=CC(=O)Nc1ccc2c3c(cccc13)C(=O)N2C(C)CCC. The van der Waals surface area contributed by atoms with Gasteiger partial charge in [-0.05, 0) is 37.6 Å². The van der Waals surface area contributed by atoms with E-state index in [9.17, 15) is 9.59 Å². The molecular weight excluding hydrogens is 288 g/mol. The summed E-state index contributed by atoms with van der Waals surface area (Å²) >= 11 is 0. The zero-order valence-electron chi connectivity index (χ0n) is 13.4. The summed E-state index contributed by atoms with van der Waals surface area (Å²) in [7, 11) is 0. The van der Waals surface area contributed by atoms with Crippen LogP contribution < -0.4 is 10.2 Å². The third-order valence-electron chi connectivity index (χ3n) is 4.32. The van der Waals surface area contributed by atoms with E-state index in [4.69, 9.17) is 0 Å². The fourth-order valence-corrected chi connectivity index (χ4v) is 3.28. The van der Waals surface area contributed by atoms with Crippen molar-refractivity contribution in [3.63, 3.8) is 0 Å². The Balaban J connectivity index is 2.16. The van der Waals surface area contributed by atoms with Gasteiger partial charge in [0.05, 0.1) is 5.69 Å². The Bertz CT molecular complexity index is 810. The fourth-order valence-electron chi connectivity index (χ4n) is 3.28. The van der Waals surface area contributed by atoms with E-state index in [0.717, 1.165) is 29.3 Å². The molecule has 0 saturated carbocycles. The molecule has 3 rings (SSSR count). The minimum absolute atomic E-state index is 0.0405. The summed E-state index contributed by atoms with van der Waals surface area (Å²) < 4.78 is 0. The molecule has 1 N–H and O–H groups in total. The molecule has 4 nitrogen and oxygen atoms in total. The summed E-state index contributed by atoms with van der Waals surface area (Å²) in [5.41, 5.74) is 2.33. The van der Waals surface area contributed by atoms with Gasteiger partial charge in [-0.1, -0.05) is 32.1 Å². The molecule has 4 heteroatoms. The number of hydrogen-bond donors (Lipinski definition) is 1. The van der Waals surface area contributed by atoms with Crippen LogP contribution in [0.5, 0.6) is 0 Å². The lowest BCUT2D eigenvalue weighted by Crippen LogP contribution is -2.35. The molecule has 1 unspecified atom stereocenters. The lowest BCUT2D eigenvalue weighted by atomic mass is 10.0. The van der Waals surface area contributed by atoms with Gasteiger partial charge in [-0.25, -0.2) is 0 Å². The lowest BCUT2D eigenvalue weighted by molar-refractivity contribution is -0.111. The van der Waals surface area contributed by atoms with Gasteiger partial charge in [0.25, 0.3) is 5.91 Å². The van der Waals surface area contributed by atoms with E-state index < -0.39 is 0 Å². The van der Waals surface area contributed by atoms with Crippen LogP contribution in [0, 0.1) is 0 Å². The standard InChI is InChI=1S/C19H20N2O2/c1-4-7-12(3)21-16-11-10-15(20-17(22)5-2)13-8-6-9-14(18(13)16)19(21)23/h5-6,8-12H,2,4,7H2,1,3H3,(H,20,22). The Morgan fingerprint density at radius 3 is 2.83 bits per heavy atom. The monoisotopic (exact) mass is 308 g/mol. The Kier molecular flexibility index (Phi) is 3.90. The van der Waals surface area contributed by atoms with Gasteiger partial charge >= 0.3 is 0 Å². The smallest absolute Gasteiger partial charge is 0.259 e. The highest BCUT2D eigenvalue weighted by Crippen LogP contribution is 2.41. The van der Waals surface area contributed by atoms with E-state index >= 15 is 0 Å². The van der Waals surface area contributed by atoms with E-state index in [1.807, 2.05) is 35.2 Å².